The number of phosphoric ester groups is 1. The summed E-state index contributed by atoms with van der Waals surface area (Å²) in [5, 5.41) is 0. The zero-order chi connectivity index (χ0) is 10.3. The molecule has 13 heavy (non-hydrogen) atoms. The molecule has 1 atom stereocenters. The number of phosphoric acid groups is 1. The molecule has 0 aromatic heterocycles. The summed E-state index contributed by atoms with van der Waals surface area (Å²) in [6.07, 6.45) is 4.51. The molecule has 5 heteroatoms. The minimum atomic E-state index is -4.36. The molecule has 0 aromatic rings. The van der Waals surface area contributed by atoms with Crippen LogP contribution in [0.25, 0.3) is 0 Å². The molecule has 78 valence electrons. The van der Waals surface area contributed by atoms with E-state index in [2.05, 4.69) is 18.0 Å². The Morgan fingerprint density at radius 3 is 2.54 bits per heavy atom. The molecule has 1 unspecified atom stereocenters. The van der Waals surface area contributed by atoms with Crippen molar-refractivity contribution in [2.24, 2.45) is 0 Å². The predicted molar refractivity (Wildman–Crippen MR) is 51.3 cm³/mol. The van der Waals surface area contributed by atoms with E-state index in [-0.39, 0.29) is 0 Å². The largest absolute Gasteiger partial charge is 0.470 e. The van der Waals surface area contributed by atoms with Gasteiger partial charge in [-0.05, 0) is 6.42 Å². The Labute approximate surface area is 78.9 Å². The lowest BCUT2D eigenvalue weighted by molar-refractivity contribution is 0.153. The summed E-state index contributed by atoms with van der Waals surface area (Å²) in [6.45, 7) is 5.52. The Balaban J connectivity index is 3.77. The normalized spacial score (nSPS) is 14.1. The first-order chi connectivity index (χ1) is 5.99. The van der Waals surface area contributed by atoms with E-state index in [9.17, 15) is 4.57 Å². The first-order valence-electron chi connectivity index (χ1n) is 4.36. The maximum absolute atomic E-state index is 10.5. The molecule has 2 N–H and O–H groups in total. The highest BCUT2D eigenvalue weighted by molar-refractivity contribution is 7.46. The summed E-state index contributed by atoms with van der Waals surface area (Å²) in [5.74, 6) is 0. The van der Waals surface area contributed by atoms with Crippen LogP contribution in [0.1, 0.15) is 32.6 Å². The van der Waals surface area contributed by atoms with Crippen LogP contribution in [0, 0.1) is 0 Å². The van der Waals surface area contributed by atoms with Crippen molar-refractivity contribution in [2.45, 2.75) is 38.7 Å². The van der Waals surface area contributed by atoms with Gasteiger partial charge in [0.15, 0.2) is 0 Å². The Morgan fingerprint density at radius 2 is 2.15 bits per heavy atom. The Bertz CT molecular complexity index is 187. The predicted octanol–water partition coefficient (Wildman–Crippen LogP) is 2.23. The van der Waals surface area contributed by atoms with Gasteiger partial charge in [0.1, 0.15) is 0 Å². The first kappa shape index (κ1) is 12.8. The second-order valence-corrected chi connectivity index (χ2v) is 4.06. The molecule has 0 rings (SSSR count). The maximum atomic E-state index is 10.5. The third kappa shape index (κ3) is 8.19. The molecule has 0 amide bonds. The van der Waals surface area contributed by atoms with Crippen LogP contribution in [0.15, 0.2) is 12.7 Å². The second kappa shape index (κ2) is 6.33. The van der Waals surface area contributed by atoms with Crippen molar-refractivity contribution in [3.8, 4) is 0 Å². The van der Waals surface area contributed by atoms with Gasteiger partial charge in [-0.25, -0.2) is 4.57 Å². The molecule has 4 nitrogen and oxygen atoms in total. The van der Waals surface area contributed by atoms with Gasteiger partial charge >= 0.3 is 7.82 Å². The average Bonchev–Trinajstić information content (AvgIpc) is 2.01. The molecule has 0 saturated carbocycles. The van der Waals surface area contributed by atoms with Gasteiger partial charge in [-0.2, -0.15) is 0 Å². The van der Waals surface area contributed by atoms with Crippen molar-refractivity contribution in [3.05, 3.63) is 12.7 Å². The lowest BCUT2D eigenvalue weighted by Crippen LogP contribution is -2.07. The van der Waals surface area contributed by atoms with Gasteiger partial charge < -0.3 is 9.79 Å². The highest BCUT2D eigenvalue weighted by Crippen LogP contribution is 2.38. The molecule has 0 aliphatic heterocycles. The Hall–Kier alpha value is -0.150. The molecule has 0 aliphatic rings. The van der Waals surface area contributed by atoms with E-state index in [1.165, 1.54) is 6.08 Å². The quantitative estimate of drug-likeness (QED) is 0.382. The summed E-state index contributed by atoms with van der Waals surface area (Å²) >= 11 is 0. The fourth-order valence-electron chi connectivity index (χ4n) is 0.985. The van der Waals surface area contributed by atoms with Crippen LogP contribution in [0.2, 0.25) is 0 Å². The van der Waals surface area contributed by atoms with E-state index in [1.807, 2.05) is 0 Å². The lowest BCUT2D eigenvalue weighted by Gasteiger charge is -2.13. The average molecular weight is 208 g/mol. The monoisotopic (exact) mass is 208 g/mol. The summed E-state index contributed by atoms with van der Waals surface area (Å²) in [4.78, 5) is 17.0. The number of hydrogen-bond acceptors (Lipinski definition) is 2. The fraction of sp³-hybridized carbons (Fsp3) is 0.750. The van der Waals surface area contributed by atoms with Crippen molar-refractivity contribution in [1.82, 2.24) is 0 Å². The first-order valence-corrected chi connectivity index (χ1v) is 5.89. The summed E-state index contributed by atoms with van der Waals surface area (Å²) in [6, 6.07) is 0. The molecule has 0 fully saturated rings. The van der Waals surface area contributed by atoms with E-state index in [1.54, 1.807) is 0 Å². The molecule has 0 bridgehead atoms. The smallest absolute Gasteiger partial charge is 0.303 e. The van der Waals surface area contributed by atoms with Crippen LogP contribution in [0.5, 0.6) is 0 Å². The third-order valence-corrected chi connectivity index (χ3v) is 2.17. The van der Waals surface area contributed by atoms with Crippen molar-refractivity contribution >= 4 is 7.82 Å². The minimum absolute atomic E-state index is 0.535. The third-order valence-electron chi connectivity index (χ3n) is 1.63. The maximum Gasteiger partial charge on any atom is 0.470 e. The van der Waals surface area contributed by atoms with Gasteiger partial charge in [0.05, 0.1) is 6.10 Å². The molecule has 0 spiro atoms. The SMILES string of the molecule is C=CC(CCCCC)OP(=O)(O)O. The summed E-state index contributed by atoms with van der Waals surface area (Å²) in [7, 11) is -4.36. The number of hydrogen-bond donors (Lipinski definition) is 2. The fourth-order valence-corrected chi connectivity index (χ4v) is 1.53. The molecular weight excluding hydrogens is 191 g/mol. The molecular formula is C8H17O4P. The molecule has 0 aromatic carbocycles. The highest BCUT2D eigenvalue weighted by atomic mass is 31.2. The summed E-state index contributed by atoms with van der Waals surface area (Å²) < 4.78 is 14.9. The van der Waals surface area contributed by atoms with Crippen LogP contribution >= 0.6 is 7.82 Å². The molecule has 0 radical (unpaired) electrons. The zero-order valence-electron chi connectivity index (χ0n) is 7.85. The van der Waals surface area contributed by atoms with Crippen LogP contribution in [0.3, 0.4) is 0 Å². The molecule has 0 aliphatic carbocycles. The topological polar surface area (TPSA) is 66.8 Å². The standard InChI is InChI=1S/C8H17O4P/c1-3-5-6-7-8(4-2)12-13(9,10)11/h4,8H,2-3,5-7H2,1H3,(H2,9,10,11). The van der Waals surface area contributed by atoms with Crippen LogP contribution in [0.4, 0.5) is 0 Å². The minimum Gasteiger partial charge on any atom is -0.303 e. The Morgan fingerprint density at radius 1 is 1.54 bits per heavy atom. The van der Waals surface area contributed by atoms with Crippen molar-refractivity contribution in [2.75, 3.05) is 0 Å². The van der Waals surface area contributed by atoms with Gasteiger partial charge in [0.2, 0.25) is 0 Å². The summed E-state index contributed by atoms with van der Waals surface area (Å²) in [5.41, 5.74) is 0. The number of rotatable bonds is 7. The van der Waals surface area contributed by atoms with Crippen molar-refractivity contribution in [3.63, 3.8) is 0 Å². The van der Waals surface area contributed by atoms with E-state index < -0.39 is 13.9 Å². The van der Waals surface area contributed by atoms with Gasteiger partial charge in [-0.1, -0.05) is 32.3 Å². The van der Waals surface area contributed by atoms with Crippen LogP contribution in [-0.2, 0) is 9.09 Å². The van der Waals surface area contributed by atoms with Gasteiger partial charge in [0, 0.05) is 0 Å². The van der Waals surface area contributed by atoms with E-state index in [0.29, 0.717) is 6.42 Å². The number of unbranched alkanes of at least 4 members (excludes halogenated alkanes) is 2. The zero-order valence-corrected chi connectivity index (χ0v) is 8.74. The molecule has 0 heterocycles. The second-order valence-electron chi connectivity index (χ2n) is 2.87. The van der Waals surface area contributed by atoms with E-state index >= 15 is 0 Å². The lowest BCUT2D eigenvalue weighted by atomic mass is 10.1. The van der Waals surface area contributed by atoms with Crippen molar-refractivity contribution in [1.29, 1.82) is 0 Å². The van der Waals surface area contributed by atoms with Gasteiger partial charge in [-0.3, -0.25) is 4.52 Å². The van der Waals surface area contributed by atoms with Crippen LogP contribution in [-0.4, -0.2) is 15.9 Å². The van der Waals surface area contributed by atoms with Crippen molar-refractivity contribution < 1.29 is 18.9 Å². The Kier molecular flexibility index (Phi) is 6.25. The van der Waals surface area contributed by atoms with Gasteiger partial charge in [-0.15, -0.1) is 6.58 Å². The van der Waals surface area contributed by atoms with E-state index in [4.69, 9.17) is 9.79 Å². The van der Waals surface area contributed by atoms with Crippen LogP contribution < -0.4 is 0 Å². The highest BCUT2D eigenvalue weighted by Gasteiger charge is 2.19. The van der Waals surface area contributed by atoms with E-state index in [0.717, 1.165) is 19.3 Å². The van der Waals surface area contributed by atoms with Gasteiger partial charge in [0.25, 0.3) is 0 Å². The molecule has 0 saturated heterocycles.